The van der Waals surface area contributed by atoms with Crippen molar-refractivity contribution in [1.82, 2.24) is 0 Å². The fourth-order valence-corrected chi connectivity index (χ4v) is 4.43. The molecule has 33 heavy (non-hydrogen) atoms. The van der Waals surface area contributed by atoms with Gasteiger partial charge < -0.3 is 4.74 Å². The van der Waals surface area contributed by atoms with Crippen LogP contribution in [0.25, 0.3) is 0 Å². The van der Waals surface area contributed by atoms with E-state index in [0.29, 0.717) is 11.3 Å². The minimum Gasteiger partial charge on any atom is -0.465 e. The monoisotopic (exact) mass is 442 g/mol. The van der Waals surface area contributed by atoms with Gasteiger partial charge >= 0.3 is 5.97 Å². The molecule has 166 valence electrons. The fourth-order valence-electron chi connectivity index (χ4n) is 4.43. The molecule has 2 heterocycles. The van der Waals surface area contributed by atoms with E-state index < -0.39 is 24.0 Å². The smallest absolute Gasteiger partial charge is 0.337 e. The molecule has 2 aliphatic heterocycles. The van der Waals surface area contributed by atoms with Crippen molar-refractivity contribution in [3.63, 3.8) is 0 Å². The molecule has 2 amide bonds. The van der Waals surface area contributed by atoms with E-state index in [9.17, 15) is 14.4 Å². The lowest BCUT2D eigenvalue weighted by Gasteiger charge is -2.28. The number of aryl methyl sites for hydroxylation is 1. The number of anilines is 2. The van der Waals surface area contributed by atoms with Crippen molar-refractivity contribution in [2.45, 2.75) is 19.1 Å². The van der Waals surface area contributed by atoms with E-state index in [-0.39, 0.29) is 11.8 Å². The highest BCUT2D eigenvalue weighted by atomic mass is 16.7. The summed E-state index contributed by atoms with van der Waals surface area (Å²) in [5.41, 5.74) is 3.45. The second kappa shape index (κ2) is 8.18. The molecule has 0 radical (unpaired) electrons. The van der Waals surface area contributed by atoms with E-state index in [4.69, 9.17) is 9.57 Å². The lowest BCUT2D eigenvalue weighted by molar-refractivity contribution is -0.126. The third kappa shape index (κ3) is 3.47. The first-order chi connectivity index (χ1) is 16.0. The van der Waals surface area contributed by atoms with Gasteiger partial charge in [-0.2, -0.15) is 0 Å². The molecule has 0 aliphatic carbocycles. The minimum atomic E-state index is -0.940. The summed E-state index contributed by atoms with van der Waals surface area (Å²) in [5, 5.41) is 1.63. The van der Waals surface area contributed by atoms with Gasteiger partial charge in [0, 0.05) is 0 Å². The van der Waals surface area contributed by atoms with Crippen LogP contribution in [0.2, 0.25) is 0 Å². The van der Waals surface area contributed by atoms with Gasteiger partial charge in [0.1, 0.15) is 5.92 Å². The molecular weight excluding hydrogens is 420 g/mol. The Kier molecular flexibility index (Phi) is 5.18. The Balaban J connectivity index is 1.56. The molecule has 0 N–H and O–H groups in total. The summed E-state index contributed by atoms with van der Waals surface area (Å²) in [7, 11) is 1.32. The van der Waals surface area contributed by atoms with Gasteiger partial charge in [-0.3, -0.25) is 14.4 Å². The Morgan fingerprint density at radius 1 is 0.848 bits per heavy atom. The molecule has 7 nitrogen and oxygen atoms in total. The first kappa shape index (κ1) is 20.9. The van der Waals surface area contributed by atoms with Gasteiger partial charge in [0.05, 0.1) is 30.1 Å². The average Bonchev–Trinajstić information content (AvgIpc) is 3.36. The second-order valence-corrected chi connectivity index (χ2v) is 8.12. The number of nitrogens with zero attached hydrogens (tertiary/aromatic N) is 2. The highest BCUT2D eigenvalue weighted by molar-refractivity contribution is 6.23. The molecule has 0 bridgehead atoms. The first-order valence-electron chi connectivity index (χ1n) is 10.6. The van der Waals surface area contributed by atoms with Crippen LogP contribution in [0.15, 0.2) is 78.9 Å². The summed E-state index contributed by atoms with van der Waals surface area (Å²) in [5.74, 6) is -1.87. The van der Waals surface area contributed by atoms with Crippen molar-refractivity contribution in [2.75, 3.05) is 17.1 Å². The Bertz CT molecular complexity index is 1210. The van der Waals surface area contributed by atoms with Crippen LogP contribution in [0.5, 0.6) is 0 Å². The van der Waals surface area contributed by atoms with Gasteiger partial charge in [-0.05, 0) is 48.9 Å². The third-order valence-electron chi connectivity index (χ3n) is 6.09. The topological polar surface area (TPSA) is 76.2 Å². The van der Waals surface area contributed by atoms with Crippen molar-refractivity contribution in [3.05, 3.63) is 95.6 Å². The predicted molar refractivity (Wildman–Crippen MR) is 121 cm³/mol. The third-order valence-corrected chi connectivity index (χ3v) is 6.09. The normalized spacial score (nSPS) is 21.9. The second-order valence-electron chi connectivity index (χ2n) is 8.12. The summed E-state index contributed by atoms with van der Waals surface area (Å²) in [4.78, 5) is 46.1. The van der Waals surface area contributed by atoms with Crippen LogP contribution < -0.4 is 9.96 Å². The number of benzene rings is 3. The lowest BCUT2D eigenvalue weighted by atomic mass is 9.90. The summed E-state index contributed by atoms with van der Waals surface area (Å²) in [6, 6.07) is 22.9. The summed E-state index contributed by atoms with van der Waals surface area (Å²) >= 11 is 0. The number of para-hydroxylation sites is 1. The molecular formula is C26H22N2O5. The zero-order valence-electron chi connectivity index (χ0n) is 18.2. The maximum absolute atomic E-state index is 13.6. The van der Waals surface area contributed by atoms with Crippen molar-refractivity contribution in [1.29, 1.82) is 0 Å². The molecule has 2 aliphatic rings. The number of imide groups is 1. The Morgan fingerprint density at radius 2 is 1.52 bits per heavy atom. The number of rotatable bonds is 4. The van der Waals surface area contributed by atoms with Crippen molar-refractivity contribution >= 4 is 29.2 Å². The van der Waals surface area contributed by atoms with E-state index in [1.807, 2.05) is 49.4 Å². The summed E-state index contributed by atoms with van der Waals surface area (Å²) in [6.07, 6.45) is -0.940. The molecule has 3 atom stereocenters. The molecule has 7 heteroatoms. The highest BCUT2D eigenvalue weighted by Gasteiger charge is 2.60. The highest BCUT2D eigenvalue weighted by Crippen LogP contribution is 2.47. The van der Waals surface area contributed by atoms with Gasteiger partial charge in [-0.15, -0.1) is 0 Å². The lowest BCUT2D eigenvalue weighted by Crippen LogP contribution is -2.37. The molecule has 5 rings (SSSR count). The number of esters is 1. The standard InChI is InChI=1S/C26H22N2O5/c1-16-8-14-19(15-9-16)27-24(29)21-22(17-10-12-18(13-11-17)26(31)32-2)28(33-23(21)25(27)30)20-6-4-3-5-7-20/h3-15,21-23H,1-2H3/t21-,22+,23-/m1/s1. The molecule has 3 aromatic rings. The molecule has 0 saturated carbocycles. The van der Waals surface area contributed by atoms with Gasteiger partial charge in [-0.25, -0.2) is 14.8 Å². The number of hydrogen-bond acceptors (Lipinski definition) is 6. The van der Waals surface area contributed by atoms with E-state index >= 15 is 0 Å². The van der Waals surface area contributed by atoms with Crippen LogP contribution in [0.3, 0.4) is 0 Å². The number of ether oxygens (including phenoxy) is 1. The summed E-state index contributed by atoms with van der Waals surface area (Å²) < 4.78 is 4.78. The minimum absolute atomic E-state index is 0.311. The average molecular weight is 442 g/mol. The van der Waals surface area contributed by atoms with Gasteiger partial charge in [0.2, 0.25) is 5.91 Å². The van der Waals surface area contributed by atoms with E-state index in [2.05, 4.69) is 0 Å². The molecule has 0 spiro atoms. The van der Waals surface area contributed by atoms with Gasteiger partial charge in [0.15, 0.2) is 6.10 Å². The van der Waals surface area contributed by atoms with Crippen LogP contribution in [0, 0.1) is 12.8 Å². The first-order valence-corrected chi connectivity index (χ1v) is 10.6. The van der Waals surface area contributed by atoms with Gasteiger partial charge in [-0.1, -0.05) is 48.0 Å². The van der Waals surface area contributed by atoms with Crippen LogP contribution >= 0.6 is 0 Å². The molecule has 3 aromatic carbocycles. The van der Waals surface area contributed by atoms with Crippen molar-refractivity contribution in [2.24, 2.45) is 5.92 Å². The number of amides is 2. The number of hydrogen-bond donors (Lipinski definition) is 0. The number of methoxy groups -OCH3 is 1. The Labute approximate surface area is 191 Å². The van der Waals surface area contributed by atoms with E-state index in [1.54, 1.807) is 41.5 Å². The molecule has 2 fully saturated rings. The fraction of sp³-hybridized carbons (Fsp3) is 0.192. The molecule has 0 unspecified atom stereocenters. The van der Waals surface area contributed by atoms with Crippen LogP contribution in [0.4, 0.5) is 11.4 Å². The van der Waals surface area contributed by atoms with E-state index in [0.717, 1.165) is 16.8 Å². The Hall–Kier alpha value is -3.97. The quantitative estimate of drug-likeness (QED) is 0.452. The zero-order valence-corrected chi connectivity index (χ0v) is 18.2. The number of fused-ring (bicyclic) bond motifs is 1. The number of hydroxylamine groups is 1. The number of carbonyl (C=O) groups is 3. The van der Waals surface area contributed by atoms with E-state index in [1.165, 1.54) is 12.0 Å². The maximum atomic E-state index is 13.6. The summed E-state index contributed by atoms with van der Waals surface area (Å²) in [6.45, 7) is 1.95. The maximum Gasteiger partial charge on any atom is 0.337 e. The van der Waals surface area contributed by atoms with Crippen LogP contribution in [-0.2, 0) is 19.2 Å². The van der Waals surface area contributed by atoms with Crippen LogP contribution in [0.1, 0.15) is 27.5 Å². The molecule has 0 aromatic heterocycles. The SMILES string of the molecule is COC(=O)c1ccc([C@H]2[C@H]3C(=O)N(c4ccc(C)cc4)C(=O)[C@@H]3ON2c2ccccc2)cc1. The number of carbonyl (C=O) groups excluding carboxylic acids is 3. The van der Waals surface area contributed by atoms with Crippen molar-refractivity contribution in [3.8, 4) is 0 Å². The largest absolute Gasteiger partial charge is 0.465 e. The zero-order chi connectivity index (χ0) is 23.1. The Morgan fingerprint density at radius 3 is 2.15 bits per heavy atom. The predicted octanol–water partition coefficient (Wildman–Crippen LogP) is 3.83. The molecule has 2 saturated heterocycles. The van der Waals surface area contributed by atoms with Crippen molar-refractivity contribution < 1.29 is 24.0 Å². The van der Waals surface area contributed by atoms with Gasteiger partial charge in [0.25, 0.3) is 5.91 Å². The van der Waals surface area contributed by atoms with Crippen LogP contribution in [-0.4, -0.2) is 31.0 Å².